The summed E-state index contributed by atoms with van der Waals surface area (Å²) in [6.45, 7) is 6.87. The lowest BCUT2D eigenvalue weighted by Gasteiger charge is -2.17. The summed E-state index contributed by atoms with van der Waals surface area (Å²) in [6, 6.07) is 4.21. The summed E-state index contributed by atoms with van der Waals surface area (Å²) in [5.74, 6) is 2.05. The van der Waals surface area contributed by atoms with Gasteiger partial charge in [-0.05, 0) is 31.4 Å². The number of anilines is 1. The largest absolute Gasteiger partial charge is 0.316 e. The third kappa shape index (κ3) is 2.51. The molecule has 0 bridgehead atoms. The van der Waals surface area contributed by atoms with Crippen molar-refractivity contribution in [3.63, 3.8) is 0 Å². The zero-order chi connectivity index (χ0) is 13.2. The molecular weight excluding hydrogens is 256 g/mol. The van der Waals surface area contributed by atoms with Crippen molar-refractivity contribution in [2.45, 2.75) is 13.3 Å². The van der Waals surface area contributed by atoms with Crippen molar-refractivity contribution in [2.24, 2.45) is 0 Å². The third-order valence-corrected chi connectivity index (χ3v) is 4.21. The van der Waals surface area contributed by atoms with Crippen molar-refractivity contribution >= 4 is 23.7 Å². The lowest BCUT2D eigenvalue weighted by Crippen LogP contribution is -2.10. The number of pyridine rings is 1. The molecule has 1 aliphatic rings. The van der Waals surface area contributed by atoms with Gasteiger partial charge in [-0.3, -0.25) is 0 Å². The summed E-state index contributed by atoms with van der Waals surface area (Å²) < 4.78 is 4.13. The van der Waals surface area contributed by atoms with Gasteiger partial charge in [-0.15, -0.1) is 0 Å². The van der Waals surface area contributed by atoms with Crippen LogP contribution < -0.4 is 4.31 Å². The van der Waals surface area contributed by atoms with E-state index in [2.05, 4.69) is 33.1 Å². The minimum atomic E-state index is 0.857. The first-order valence-corrected chi connectivity index (χ1v) is 7.27. The second-order valence-electron chi connectivity index (χ2n) is 4.54. The molecule has 98 valence electrons. The highest BCUT2D eigenvalue weighted by atomic mass is 32.2. The van der Waals surface area contributed by atoms with Gasteiger partial charge < -0.3 is 4.31 Å². The molecule has 4 nitrogen and oxygen atoms in total. The molecule has 0 atom stereocenters. The van der Waals surface area contributed by atoms with Crippen molar-refractivity contribution in [2.75, 3.05) is 16.6 Å². The highest BCUT2D eigenvalue weighted by Crippen LogP contribution is 2.29. The van der Waals surface area contributed by atoms with Crippen LogP contribution in [0.1, 0.15) is 17.7 Å². The fourth-order valence-electron chi connectivity index (χ4n) is 2.11. The molecule has 0 unspecified atom stereocenters. The van der Waals surface area contributed by atoms with E-state index in [-0.39, 0.29) is 0 Å². The standard InChI is InChI=1S/C14H16N4S/c1-3-12-9-15-17(10-12)14-8-13(7-11(2)16-14)18-5-4-6-19-18/h3,7-10H,1,4-6H2,2H3. The van der Waals surface area contributed by atoms with E-state index < -0.39 is 0 Å². The number of hydrogen-bond donors (Lipinski definition) is 0. The van der Waals surface area contributed by atoms with Crippen LogP contribution in [0.25, 0.3) is 11.9 Å². The maximum atomic E-state index is 4.55. The van der Waals surface area contributed by atoms with Gasteiger partial charge in [0, 0.05) is 35.8 Å². The molecule has 3 heterocycles. The molecular formula is C14H16N4S. The molecule has 3 rings (SSSR count). The van der Waals surface area contributed by atoms with Gasteiger partial charge in [-0.2, -0.15) is 5.10 Å². The molecule has 0 radical (unpaired) electrons. The zero-order valence-corrected chi connectivity index (χ0v) is 11.7. The van der Waals surface area contributed by atoms with Crippen molar-refractivity contribution in [3.8, 4) is 5.82 Å². The topological polar surface area (TPSA) is 34.0 Å². The predicted octanol–water partition coefficient (Wildman–Crippen LogP) is 3.08. The summed E-state index contributed by atoms with van der Waals surface area (Å²) in [5.41, 5.74) is 3.22. The van der Waals surface area contributed by atoms with Crippen LogP contribution in [0.4, 0.5) is 5.69 Å². The average molecular weight is 272 g/mol. The monoisotopic (exact) mass is 272 g/mol. The average Bonchev–Trinajstić information content (AvgIpc) is 3.09. The van der Waals surface area contributed by atoms with Gasteiger partial charge in [0.2, 0.25) is 0 Å². The summed E-state index contributed by atoms with van der Waals surface area (Å²) in [6.07, 6.45) is 6.76. The summed E-state index contributed by atoms with van der Waals surface area (Å²) in [4.78, 5) is 4.55. The van der Waals surface area contributed by atoms with Gasteiger partial charge in [0.1, 0.15) is 0 Å². The summed E-state index contributed by atoms with van der Waals surface area (Å²) >= 11 is 1.88. The molecule has 2 aromatic rings. The minimum absolute atomic E-state index is 0.857. The number of aryl methyl sites for hydroxylation is 1. The molecule has 0 N–H and O–H groups in total. The quantitative estimate of drug-likeness (QED) is 0.804. The van der Waals surface area contributed by atoms with Crippen LogP contribution in [0.2, 0.25) is 0 Å². The van der Waals surface area contributed by atoms with Gasteiger partial charge in [0.25, 0.3) is 0 Å². The molecule has 19 heavy (non-hydrogen) atoms. The van der Waals surface area contributed by atoms with E-state index in [4.69, 9.17) is 0 Å². The molecule has 5 heteroatoms. The molecule has 0 amide bonds. The van der Waals surface area contributed by atoms with Crippen LogP contribution in [-0.2, 0) is 0 Å². The van der Waals surface area contributed by atoms with E-state index in [0.29, 0.717) is 0 Å². The van der Waals surface area contributed by atoms with Crippen LogP contribution in [0.15, 0.2) is 31.1 Å². The molecule has 1 fully saturated rings. The van der Waals surface area contributed by atoms with Crippen LogP contribution >= 0.6 is 11.9 Å². The van der Waals surface area contributed by atoms with Gasteiger partial charge in [0.15, 0.2) is 5.82 Å². The SMILES string of the molecule is C=Cc1cnn(-c2cc(N3CCCS3)cc(C)n2)c1. The first-order valence-electron chi connectivity index (χ1n) is 6.33. The summed E-state index contributed by atoms with van der Waals surface area (Å²) in [7, 11) is 0. The van der Waals surface area contributed by atoms with Crippen LogP contribution in [-0.4, -0.2) is 27.1 Å². The Morgan fingerprint density at radius 3 is 3.00 bits per heavy atom. The molecule has 0 saturated carbocycles. The Morgan fingerprint density at radius 1 is 1.42 bits per heavy atom. The Morgan fingerprint density at radius 2 is 2.32 bits per heavy atom. The van der Waals surface area contributed by atoms with Crippen molar-refractivity contribution in [1.82, 2.24) is 14.8 Å². The van der Waals surface area contributed by atoms with Crippen molar-refractivity contribution < 1.29 is 0 Å². The first-order chi connectivity index (χ1) is 9.26. The lowest BCUT2D eigenvalue weighted by molar-refractivity contribution is 0.839. The Kier molecular flexibility index (Phi) is 3.29. The maximum absolute atomic E-state index is 4.55. The number of nitrogens with zero attached hydrogens (tertiary/aromatic N) is 4. The Bertz CT molecular complexity index is 599. The smallest absolute Gasteiger partial charge is 0.155 e. The zero-order valence-electron chi connectivity index (χ0n) is 10.9. The van der Waals surface area contributed by atoms with E-state index in [9.17, 15) is 0 Å². The highest BCUT2D eigenvalue weighted by molar-refractivity contribution is 8.00. The second kappa shape index (κ2) is 5.09. The summed E-state index contributed by atoms with van der Waals surface area (Å²) in [5, 5.41) is 4.32. The molecule has 0 spiro atoms. The third-order valence-electron chi connectivity index (χ3n) is 3.04. The number of rotatable bonds is 3. The van der Waals surface area contributed by atoms with Crippen LogP contribution in [0.3, 0.4) is 0 Å². The fraction of sp³-hybridized carbons (Fsp3) is 0.286. The molecule has 2 aromatic heterocycles. The Labute approximate surface area is 117 Å². The van der Waals surface area contributed by atoms with Crippen LogP contribution in [0, 0.1) is 6.92 Å². The van der Waals surface area contributed by atoms with E-state index in [1.165, 1.54) is 17.9 Å². The van der Waals surface area contributed by atoms with Gasteiger partial charge in [0.05, 0.1) is 11.9 Å². The number of hydrogen-bond acceptors (Lipinski definition) is 4. The highest BCUT2D eigenvalue weighted by Gasteiger charge is 2.15. The van der Waals surface area contributed by atoms with E-state index in [1.807, 2.05) is 25.1 Å². The van der Waals surface area contributed by atoms with Crippen molar-refractivity contribution in [3.05, 3.63) is 42.4 Å². The Hall–Kier alpha value is -1.75. The fourth-order valence-corrected chi connectivity index (χ4v) is 3.10. The lowest BCUT2D eigenvalue weighted by atomic mass is 10.3. The van der Waals surface area contributed by atoms with Gasteiger partial charge in [-0.1, -0.05) is 12.7 Å². The van der Waals surface area contributed by atoms with E-state index in [0.717, 1.165) is 23.6 Å². The van der Waals surface area contributed by atoms with Gasteiger partial charge >= 0.3 is 0 Å². The molecule has 1 aliphatic heterocycles. The maximum Gasteiger partial charge on any atom is 0.155 e. The Balaban J connectivity index is 1.98. The number of aromatic nitrogens is 3. The second-order valence-corrected chi connectivity index (χ2v) is 5.64. The molecule has 1 saturated heterocycles. The van der Waals surface area contributed by atoms with Crippen molar-refractivity contribution in [1.29, 1.82) is 0 Å². The molecule has 0 aromatic carbocycles. The van der Waals surface area contributed by atoms with Crippen LogP contribution in [0.5, 0.6) is 0 Å². The predicted molar refractivity (Wildman–Crippen MR) is 80.6 cm³/mol. The van der Waals surface area contributed by atoms with E-state index in [1.54, 1.807) is 17.0 Å². The molecule has 0 aliphatic carbocycles. The minimum Gasteiger partial charge on any atom is -0.316 e. The normalized spacial score (nSPS) is 14.9. The first kappa shape index (κ1) is 12.3. The van der Waals surface area contributed by atoms with E-state index >= 15 is 0 Å². The van der Waals surface area contributed by atoms with Gasteiger partial charge in [-0.25, -0.2) is 9.67 Å².